The molecule has 106 valence electrons. The van der Waals surface area contributed by atoms with Crippen LogP contribution in [0.5, 0.6) is 0 Å². The first-order valence-electron chi connectivity index (χ1n) is 6.95. The molecule has 0 aromatic carbocycles. The van der Waals surface area contributed by atoms with E-state index in [1.807, 2.05) is 18.5 Å². The first-order valence-corrected chi connectivity index (χ1v) is 7.74. The molecule has 1 saturated carbocycles. The number of nitrogens with two attached hydrogens (primary N) is 1. The molecule has 2 rings (SSSR count). The van der Waals surface area contributed by atoms with E-state index in [-0.39, 0.29) is 11.2 Å². The van der Waals surface area contributed by atoms with Gasteiger partial charge in [0.15, 0.2) is 0 Å². The number of aryl methyl sites for hydroxylation is 2. The van der Waals surface area contributed by atoms with Crippen LogP contribution >= 0.6 is 15.9 Å². The topological polar surface area (TPSA) is 60.9 Å². The van der Waals surface area contributed by atoms with Crippen molar-refractivity contribution in [3.63, 3.8) is 0 Å². The minimum Gasteiger partial charge on any atom is -0.330 e. The summed E-state index contributed by atoms with van der Waals surface area (Å²) in [6.45, 7) is 5.42. The second-order valence-electron chi connectivity index (χ2n) is 5.61. The lowest BCUT2D eigenvalue weighted by Crippen LogP contribution is -2.39. The lowest BCUT2D eigenvalue weighted by Gasteiger charge is -2.40. The van der Waals surface area contributed by atoms with E-state index in [0.29, 0.717) is 19.4 Å². The molecular weight excluding hydrogens is 306 g/mol. The average molecular weight is 328 g/mol. The SMILES string of the molecule is CCn1nc(C)c(Br)c1CC(=O)CC1(CN)CCC1. The molecule has 0 atom stereocenters. The van der Waals surface area contributed by atoms with Gasteiger partial charge in [0.1, 0.15) is 5.78 Å². The molecule has 1 aliphatic rings. The molecule has 1 aliphatic carbocycles. The molecule has 5 heteroatoms. The fourth-order valence-electron chi connectivity index (χ4n) is 2.84. The minimum absolute atomic E-state index is 0.0929. The summed E-state index contributed by atoms with van der Waals surface area (Å²) in [5.41, 5.74) is 7.86. The van der Waals surface area contributed by atoms with Crippen LogP contribution in [0.1, 0.15) is 44.0 Å². The normalized spacial score (nSPS) is 17.3. The monoisotopic (exact) mass is 327 g/mol. The van der Waals surface area contributed by atoms with Gasteiger partial charge in [-0.05, 0) is 54.6 Å². The maximum atomic E-state index is 12.3. The van der Waals surface area contributed by atoms with Crippen molar-refractivity contribution in [3.05, 3.63) is 15.9 Å². The van der Waals surface area contributed by atoms with Crippen molar-refractivity contribution in [3.8, 4) is 0 Å². The number of carbonyl (C=O) groups excluding carboxylic acids is 1. The van der Waals surface area contributed by atoms with E-state index in [1.54, 1.807) is 0 Å². The molecule has 0 saturated heterocycles. The lowest BCUT2D eigenvalue weighted by atomic mass is 9.66. The predicted molar refractivity (Wildman–Crippen MR) is 79.0 cm³/mol. The Kier molecular flexibility index (Phi) is 4.46. The van der Waals surface area contributed by atoms with Crippen molar-refractivity contribution >= 4 is 21.7 Å². The average Bonchev–Trinajstić information content (AvgIpc) is 2.61. The van der Waals surface area contributed by atoms with E-state index in [0.717, 1.165) is 35.2 Å². The fraction of sp³-hybridized carbons (Fsp3) is 0.714. The maximum Gasteiger partial charge on any atom is 0.139 e. The summed E-state index contributed by atoms with van der Waals surface area (Å²) in [5, 5.41) is 4.43. The Balaban J connectivity index is 2.06. The standard InChI is InChI=1S/C14H22BrN3O/c1-3-18-12(13(15)10(2)17-18)7-11(19)8-14(9-16)5-4-6-14/h3-9,16H2,1-2H3. The van der Waals surface area contributed by atoms with Crippen molar-refractivity contribution in [1.82, 2.24) is 9.78 Å². The molecular formula is C14H22BrN3O. The summed E-state index contributed by atoms with van der Waals surface area (Å²) < 4.78 is 2.88. The van der Waals surface area contributed by atoms with Gasteiger partial charge in [-0.25, -0.2) is 0 Å². The molecule has 0 aliphatic heterocycles. The van der Waals surface area contributed by atoms with E-state index in [2.05, 4.69) is 21.0 Å². The number of aromatic nitrogens is 2. The van der Waals surface area contributed by atoms with E-state index in [9.17, 15) is 4.79 Å². The van der Waals surface area contributed by atoms with Crippen LogP contribution in [0.4, 0.5) is 0 Å². The van der Waals surface area contributed by atoms with Gasteiger partial charge in [-0.2, -0.15) is 5.10 Å². The van der Waals surface area contributed by atoms with Gasteiger partial charge in [0, 0.05) is 19.4 Å². The zero-order valence-corrected chi connectivity index (χ0v) is 13.3. The van der Waals surface area contributed by atoms with Crippen LogP contribution in [0, 0.1) is 12.3 Å². The van der Waals surface area contributed by atoms with Gasteiger partial charge in [-0.15, -0.1) is 0 Å². The molecule has 0 spiro atoms. The van der Waals surface area contributed by atoms with Crippen LogP contribution in [-0.2, 0) is 17.8 Å². The predicted octanol–water partition coefficient (Wildman–Crippen LogP) is 2.60. The number of hydrogen-bond acceptors (Lipinski definition) is 3. The van der Waals surface area contributed by atoms with E-state index in [4.69, 9.17) is 5.73 Å². The first kappa shape index (κ1) is 14.7. The van der Waals surface area contributed by atoms with Gasteiger partial charge in [0.05, 0.1) is 15.9 Å². The highest BCUT2D eigenvalue weighted by Crippen LogP contribution is 2.43. The number of Topliss-reactive ketones (excluding diaryl/α,β-unsaturated/α-hetero) is 1. The summed E-state index contributed by atoms with van der Waals surface area (Å²) >= 11 is 3.54. The van der Waals surface area contributed by atoms with Gasteiger partial charge in [0.2, 0.25) is 0 Å². The van der Waals surface area contributed by atoms with E-state index >= 15 is 0 Å². The van der Waals surface area contributed by atoms with Gasteiger partial charge in [0.25, 0.3) is 0 Å². The molecule has 1 heterocycles. The van der Waals surface area contributed by atoms with Crippen LogP contribution in [0.25, 0.3) is 0 Å². The van der Waals surface area contributed by atoms with Crippen molar-refractivity contribution in [2.75, 3.05) is 6.54 Å². The second kappa shape index (κ2) is 5.75. The van der Waals surface area contributed by atoms with Crippen molar-refractivity contribution in [2.24, 2.45) is 11.1 Å². The van der Waals surface area contributed by atoms with E-state index in [1.165, 1.54) is 6.42 Å². The largest absolute Gasteiger partial charge is 0.330 e. The number of hydrogen-bond donors (Lipinski definition) is 1. The summed E-state index contributed by atoms with van der Waals surface area (Å²) in [5.74, 6) is 0.278. The molecule has 0 amide bonds. The highest BCUT2D eigenvalue weighted by atomic mass is 79.9. The molecule has 0 radical (unpaired) electrons. The Morgan fingerprint density at radius 3 is 2.68 bits per heavy atom. The van der Waals surface area contributed by atoms with Gasteiger partial charge in [-0.1, -0.05) is 6.42 Å². The zero-order chi connectivity index (χ0) is 14.0. The molecule has 0 unspecified atom stereocenters. The molecule has 1 fully saturated rings. The maximum absolute atomic E-state index is 12.3. The number of nitrogens with zero attached hydrogens (tertiary/aromatic N) is 2. The Morgan fingerprint density at radius 1 is 1.53 bits per heavy atom. The number of rotatable bonds is 6. The van der Waals surface area contributed by atoms with Crippen molar-refractivity contribution in [2.45, 2.75) is 52.5 Å². The summed E-state index contributed by atoms with van der Waals surface area (Å²) in [4.78, 5) is 12.3. The second-order valence-corrected chi connectivity index (χ2v) is 6.40. The zero-order valence-electron chi connectivity index (χ0n) is 11.7. The molecule has 2 N–H and O–H groups in total. The molecule has 1 aromatic rings. The highest BCUT2D eigenvalue weighted by Gasteiger charge is 2.37. The van der Waals surface area contributed by atoms with Gasteiger partial charge in [-0.3, -0.25) is 9.48 Å². The minimum atomic E-state index is 0.0929. The molecule has 4 nitrogen and oxygen atoms in total. The Morgan fingerprint density at radius 2 is 2.21 bits per heavy atom. The number of carbonyl (C=O) groups is 1. The van der Waals surface area contributed by atoms with Crippen molar-refractivity contribution in [1.29, 1.82) is 0 Å². The third-order valence-corrected chi connectivity index (χ3v) is 5.27. The van der Waals surface area contributed by atoms with Gasteiger partial charge < -0.3 is 5.73 Å². The quantitative estimate of drug-likeness (QED) is 0.873. The summed E-state index contributed by atoms with van der Waals surface area (Å²) in [7, 11) is 0. The number of halogens is 1. The summed E-state index contributed by atoms with van der Waals surface area (Å²) in [6, 6.07) is 0. The third kappa shape index (κ3) is 2.92. The van der Waals surface area contributed by atoms with Crippen LogP contribution in [-0.4, -0.2) is 22.1 Å². The first-order chi connectivity index (χ1) is 9.01. The van der Waals surface area contributed by atoms with Crippen LogP contribution in [0.3, 0.4) is 0 Å². The number of ketones is 1. The van der Waals surface area contributed by atoms with Crippen molar-refractivity contribution < 1.29 is 4.79 Å². The molecule has 0 bridgehead atoms. The Bertz CT molecular complexity index is 472. The highest BCUT2D eigenvalue weighted by molar-refractivity contribution is 9.10. The Labute approximate surface area is 122 Å². The van der Waals surface area contributed by atoms with Gasteiger partial charge >= 0.3 is 0 Å². The summed E-state index contributed by atoms with van der Waals surface area (Å²) in [6.07, 6.45) is 4.48. The van der Waals surface area contributed by atoms with Crippen LogP contribution in [0.2, 0.25) is 0 Å². The molecule has 19 heavy (non-hydrogen) atoms. The van der Waals surface area contributed by atoms with Crippen LogP contribution in [0.15, 0.2) is 4.47 Å². The van der Waals surface area contributed by atoms with Crippen LogP contribution < -0.4 is 5.73 Å². The smallest absolute Gasteiger partial charge is 0.139 e. The fourth-order valence-corrected chi connectivity index (χ4v) is 3.26. The molecule has 1 aromatic heterocycles. The van der Waals surface area contributed by atoms with E-state index < -0.39 is 0 Å². The lowest BCUT2D eigenvalue weighted by molar-refractivity contribution is -0.122. The third-order valence-electron chi connectivity index (χ3n) is 4.24. The Hall–Kier alpha value is -0.680.